The van der Waals surface area contributed by atoms with E-state index in [0.29, 0.717) is 30.6 Å². The summed E-state index contributed by atoms with van der Waals surface area (Å²) in [6.07, 6.45) is 0.762. The Morgan fingerprint density at radius 1 is 0.419 bits per heavy atom. The van der Waals surface area contributed by atoms with Crippen molar-refractivity contribution in [2.75, 3.05) is 39.3 Å². The van der Waals surface area contributed by atoms with Gasteiger partial charge in [-0.2, -0.15) is 0 Å². The summed E-state index contributed by atoms with van der Waals surface area (Å²) in [5, 5.41) is 34.3. The average Bonchev–Trinajstić information content (AvgIpc) is 2.97. The molecule has 0 spiro atoms. The van der Waals surface area contributed by atoms with Gasteiger partial charge in [0.25, 0.3) is 11.8 Å². The van der Waals surface area contributed by atoms with Crippen LogP contribution in [0.25, 0.3) is 0 Å². The second-order valence-electron chi connectivity index (χ2n) is 9.36. The Balaban J connectivity index is 1.41. The highest BCUT2D eigenvalue weighted by molar-refractivity contribution is 5.95. The number of hydrogen-bond acceptors (Lipinski definition) is 8. The van der Waals surface area contributed by atoms with Crippen LogP contribution in [-0.4, -0.2) is 84.9 Å². The van der Waals surface area contributed by atoms with E-state index in [1.165, 1.54) is 48.5 Å². The van der Waals surface area contributed by atoms with Crippen LogP contribution in [0.15, 0.2) is 48.5 Å². The first-order valence-electron chi connectivity index (χ1n) is 13.9. The third-order valence-electron chi connectivity index (χ3n) is 5.88. The summed E-state index contributed by atoms with van der Waals surface area (Å²) in [6, 6.07) is 11.4. The van der Waals surface area contributed by atoms with E-state index in [0.717, 1.165) is 0 Å². The standard InChI is InChI=1S/C29H38N6O8/c36-22-6-2-20(3-7-22)28(42)34-18-12-26(40)32-16-10-24(38)30-14-1-15-31-25(39)11-17-33-27(41)13-19-35-29(43)21-4-8-23(37)9-5-21/h2-9,36-37H,1,10-19H2,(H,30,38)(H,31,39)(H,32,40)(H,33,41)(H,34,42)(H,35,43). The van der Waals surface area contributed by atoms with E-state index >= 15 is 0 Å². The van der Waals surface area contributed by atoms with Crippen LogP contribution in [-0.2, 0) is 19.2 Å². The van der Waals surface area contributed by atoms with E-state index in [1.54, 1.807) is 0 Å². The van der Waals surface area contributed by atoms with Crippen molar-refractivity contribution in [1.82, 2.24) is 31.9 Å². The highest BCUT2D eigenvalue weighted by Gasteiger charge is 2.09. The van der Waals surface area contributed by atoms with Gasteiger partial charge in [-0.1, -0.05) is 0 Å². The van der Waals surface area contributed by atoms with E-state index in [-0.39, 0.29) is 98.8 Å². The van der Waals surface area contributed by atoms with E-state index in [2.05, 4.69) is 31.9 Å². The molecule has 0 bridgehead atoms. The average molecular weight is 599 g/mol. The van der Waals surface area contributed by atoms with Gasteiger partial charge in [-0.15, -0.1) is 0 Å². The largest absolute Gasteiger partial charge is 0.508 e. The zero-order chi connectivity index (χ0) is 31.5. The quantitative estimate of drug-likeness (QED) is 0.106. The highest BCUT2D eigenvalue weighted by atomic mass is 16.3. The van der Waals surface area contributed by atoms with Gasteiger partial charge in [0.15, 0.2) is 0 Å². The number of amides is 6. The van der Waals surface area contributed by atoms with Crippen molar-refractivity contribution in [3.05, 3.63) is 59.7 Å². The Hall–Kier alpha value is -5.14. The maximum Gasteiger partial charge on any atom is 0.251 e. The number of carbonyl (C=O) groups is 6. The second-order valence-corrected chi connectivity index (χ2v) is 9.36. The molecule has 0 unspecified atom stereocenters. The molecule has 0 aliphatic rings. The Kier molecular flexibility index (Phi) is 15.1. The molecular formula is C29H38N6O8. The zero-order valence-corrected chi connectivity index (χ0v) is 23.7. The van der Waals surface area contributed by atoms with Crippen LogP contribution in [0.4, 0.5) is 0 Å². The van der Waals surface area contributed by atoms with Gasteiger partial charge in [0.1, 0.15) is 11.5 Å². The Morgan fingerprint density at radius 2 is 0.698 bits per heavy atom. The minimum Gasteiger partial charge on any atom is -0.508 e. The summed E-state index contributed by atoms with van der Waals surface area (Å²) in [6.45, 7) is 1.20. The molecule has 14 heteroatoms. The molecule has 8 N–H and O–H groups in total. The summed E-state index contributed by atoms with van der Waals surface area (Å²) in [4.78, 5) is 71.5. The van der Waals surface area contributed by atoms with Gasteiger partial charge in [0.2, 0.25) is 23.6 Å². The van der Waals surface area contributed by atoms with Crippen LogP contribution in [0.2, 0.25) is 0 Å². The number of phenols is 2. The molecular weight excluding hydrogens is 560 g/mol. The normalized spacial score (nSPS) is 10.2. The lowest BCUT2D eigenvalue weighted by atomic mass is 10.2. The van der Waals surface area contributed by atoms with Crippen LogP contribution < -0.4 is 31.9 Å². The molecule has 0 aromatic heterocycles. The third kappa shape index (κ3) is 14.9. The molecule has 0 aliphatic carbocycles. The summed E-state index contributed by atoms with van der Waals surface area (Å²) in [5.41, 5.74) is 0.727. The van der Waals surface area contributed by atoms with Crippen molar-refractivity contribution in [1.29, 1.82) is 0 Å². The summed E-state index contributed by atoms with van der Waals surface area (Å²) in [5.74, 6) is -1.76. The van der Waals surface area contributed by atoms with Crippen molar-refractivity contribution in [3.8, 4) is 11.5 Å². The van der Waals surface area contributed by atoms with Gasteiger partial charge >= 0.3 is 0 Å². The predicted molar refractivity (Wildman–Crippen MR) is 156 cm³/mol. The molecule has 232 valence electrons. The van der Waals surface area contributed by atoms with Crippen LogP contribution in [0.3, 0.4) is 0 Å². The topological polar surface area (TPSA) is 215 Å². The summed E-state index contributed by atoms with van der Waals surface area (Å²) in [7, 11) is 0. The number of rotatable bonds is 18. The Labute approximate surface area is 249 Å². The van der Waals surface area contributed by atoms with Crippen LogP contribution in [0, 0.1) is 0 Å². The van der Waals surface area contributed by atoms with Gasteiger partial charge in [0.05, 0.1) is 0 Å². The fraction of sp³-hybridized carbons (Fsp3) is 0.379. The van der Waals surface area contributed by atoms with Crippen molar-refractivity contribution in [2.45, 2.75) is 32.1 Å². The van der Waals surface area contributed by atoms with Crippen molar-refractivity contribution < 1.29 is 39.0 Å². The van der Waals surface area contributed by atoms with Gasteiger partial charge in [-0.25, -0.2) is 0 Å². The van der Waals surface area contributed by atoms with Crippen molar-refractivity contribution >= 4 is 35.4 Å². The number of aromatic hydroxyl groups is 2. The van der Waals surface area contributed by atoms with Gasteiger partial charge in [-0.3, -0.25) is 28.8 Å². The molecule has 2 aromatic rings. The molecule has 0 saturated heterocycles. The molecule has 0 heterocycles. The third-order valence-corrected chi connectivity index (χ3v) is 5.88. The summed E-state index contributed by atoms with van der Waals surface area (Å²) >= 11 is 0. The molecule has 6 amide bonds. The van der Waals surface area contributed by atoms with E-state index < -0.39 is 0 Å². The van der Waals surface area contributed by atoms with E-state index in [4.69, 9.17) is 0 Å². The molecule has 2 aromatic carbocycles. The van der Waals surface area contributed by atoms with Crippen molar-refractivity contribution in [3.63, 3.8) is 0 Å². The number of phenolic OH excluding ortho intramolecular Hbond substituents is 2. The maximum atomic E-state index is 12.0. The molecule has 2 rings (SSSR count). The van der Waals surface area contributed by atoms with Crippen molar-refractivity contribution in [2.24, 2.45) is 0 Å². The number of hydrogen-bond donors (Lipinski definition) is 8. The molecule has 0 saturated carbocycles. The molecule has 0 aliphatic heterocycles. The number of nitrogens with one attached hydrogen (secondary N) is 6. The van der Waals surface area contributed by atoms with Crippen LogP contribution in [0.1, 0.15) is 52.8 Å². The maximum absolute atomic E-state index is 12.0. The molecule has 43 heavy (non-hydrogen) atoms. The van der Waals surface area contributed by atoms with Gasteiger partial charge in [-0.05, 0) is 55.0 Å². The first-order chi connectivity index (χ1) is 20.6. The predicted octanol–water partition coefficient (Wildman–Crippen LogP) is -0.327. The SMILES string of the molecule is O=C(CCNC(=O)CCNC(=O)c1ccc(O)cc1)NCCCNC(=O)CCNC(=O)CCNC(=O)c1ccc(O)cc1. The Morgan fingerprint density at radius 3 is 1.02 bits per heavy atom. The van der Waals surface area contributed by atoms with Gasteiger partial charge in [0, 0.05) is 76.1 Å². The monoisotopic (exact) mass is 598 g/mol. The lowest BCUT2D eigenvalue weighted by Gasteiger charge is -2.09. The molecule has 14 nitrogen and oxygen atoms in total. The molecule has 0 atom stereocenters. The first-order valence-corrected chi connectivity index (χ1v) is 13.9. The second kappa shape index (κ2) is 19.1. The molecule has 0 radical (unpaired) electrons. The zero-order valence-electron chi connectivity index (χ0n) is 23.7. The number of benzene rings is 2. The minimum atomic E-state index is -0.363. The highest BCUT2D eigenvalue weighted by Crippen LogP contribution is 2.10. The fourth-order valence-electron chi connectivity index (χ4n) is 3.54. The molecule has 0 fully saturated rings. The number of carbonyl (C=O) groups excluding carboxylic acids is 6. The Bertz CT molecular complexity index is 1140. The fourth-order valence-corrected chi connectivity index (χ4v) is 3.54. The van der Waals surface area contributed by atoms with E-state index in [1.807, 2.05) is 0 Å². The smallest absolute Gasteiger partial charge is 0.251 e. The van der Waals surface area contributed by atoms with Gasteiger partial charge < -0.3 is 42.1 Å². The van der Waals surface area contributed by atoms with E-state index in [9.17, 15) is 39.0 Å². The van der Waals surface area contributed by atoms with Crippen LogP contribution >= 0.6 is 0 Å². The minimum absolute atomic E-state index is 0.0493. The first kappa shape index (κ1) is 34.1. The van der Waals surface area contributed by atoms with Crippen LogP contribution in [0.5, 0.6) is 11.5 Å². The lowest BCUT2D eigenvalue weighted by molar-refractivity contribution is -0.123. The summed E-state index contributed by atoms with van der Waals surface area (Å²) < 4.78 is 0. The lowest BCUT2D eigenvalue weighted by Crippen LogP contribution is -2.35.